The molecule has 0 saturated carbocycles. The van der Waals surface area contributed by atoms with E-state index >= 15 is 0 Å². The molecule has 1 heterocycles. The van der Waals surface area contributed by atoms with Gasteiger partial charge in [0.15, 0.2) is 5.78 Å². The Hall–Kier alpha value is -1.39. The summed E-state index contributed by atoms with van der Waals surface area (Å²) in [6.07, 6.45) is 5.43. The Morgan fingerprint density at radius 3 is 2.72 bits per heavy atom. The third-order valence-corrected chi connectivity index (χ3v) is 2.65. The molecule has 4 heteroatoms. The van der Waals surface area contributed by atoms with Crippen LogP contribution in [0.5, 0.6) is 0 Å². The largest absolute Gasteiger partial charge is 0.469 e. The normalized spacial score (nSPS) is 11.8. The zero-order valence-electron chi connectivity index (χ0n) is 10.7. The highest BCUT2D eigenvalue weighted by Crippen LogP contribution is 2.18. The van der Waals surface area contributed by atoms with Gasteiger partial charge in [0.2, 0.25) is 0 Å². The second-order valence-electron chi connectivity index (χ2n) is 4.25. The zero-order chi connectivity index (χ0) is 13.4. The van der Waals surface area contributed by atoms with Crippen LogP contribution in [0.3, 0.4) is 0 Å². The summed E-state index contributed by atoms with van der Waals surface area (Å²) in [5, 5.41) is 17.4. The van der Waals surface area contributed by atoms with E-state index in [-0.39, 0.29) is 19.0 Å². The number of aliphatic hydroxyl groups excluding tert-OH is 2. The van der Waals surface area contributed by atoms with Crippen molar-refractivity contribution in [1.29, 1.82) is 0 Å². The lowest BCUT2D eigenvalue weighted by molar-refractivity contribution is -0.114. The van der Waals surface area contributed by atoms with Gasteiger partial charge in [-0.1, -0.05) is 0 Å². The Labute approximate surface area is 107 Å². The van der Waals surface area contributed by atoms with Gasteiger partial charge >= 0.3 is 0 Å². The summed E-state index contributed by atoms with van der Waals surface area (Å²) in [6, 6.07) is 1.89. The molecule has 0 unspecified atom stereocenters. The van der Waals surface area contributed by atoms with Crippen molar-refractivity contribution in [1.82, 2.24) is 0 Å². The molecule has 18 heavy (non-hydrogen) atoms. The molecule has 0 saturated heterocycles. The van der Waals surface area contributed by atoms with E-state index in [4.69, 9.17) is 14.6 Å². The number of furan rings is 1. The van der Waals surface area contributed by atoms with Crippen molar-refractivity contribution < 1.29 is 19.4 Å². The minimum atomic E-state index is 0.0136. The van der Waals surface area contributed by atoms with Gasteiger partial charge in [-0.15, -0.1) is 0 Å². The molecule has 0 aromatic carbocycles. The van der Waals surface area contributed by atoms with Crippen LogP contribution < -0.4 is 0 Å². The molecular formula is C14H20O4. The summed E-state index contributed by atoms with van der Waals surface area (Å²) in [5.41, 5.74) is 1.75. The lowest BCUT2D eigenvalue weighted by Gasteiger charge is -1.96. The molecule has 2 N–H and O–H groups in total. The molecule has 0 aliphatic carbocycles. The van der Waals surface area contributed by atoms with E-state index in [1.54, 1.807) is 12.3 Å². The molecule has 0 aliphatic heterocycles. The van der Waals surface area contributed by atoms with E-state index in [0.717, 1.165) is 16.9 Å². The fraction of sp³-hybridized carbons (Fsp3) is 0.500. The first kappa shape index (κ1) is 14.7. The molecule has 1 aromatic rings. The second-order valence-corrected chi connectivity index (χ2v) is 4.25. The molecule has 4 nitrogen and oxygen atoms in total. The first-order valence-electron chi connectivity index (χ1n) is 6.18. The third kappa shape index (κ3) is 4.85. The molecule has 0 radical (unpaired) electrons. The average molecular weight is 252 g/mol. The number of allylic oxidation sites excluding steroid dienone is 2. The maximum Gasteiger partial charge on any atom is 0.156 e. The van der Waals surface area contributed by atoms with Crippen LogP contribution >= 0.6 is 0 Å². The topological polar surface area (TPSA) is 70.7 Å². The summed E-state index contributed by atoms with van der Waals surface area (Å²) in [6.45, 7) is 2.04. The number of ketones is 1. The number of rotatable bonds is 8. The zero-order valence-corrected chi connectivity index (χ0v) is 10.7. The summed E-state index contributed by atoms with van der Waals surface area (Å²) < 4.78 is 5.35. The molecule has 100 valence electrons. The van der Waals surface area contributed by atoms with Gasteiger partial charge in [0.1, 0.15) is 5.76 Å². The highest BCUT2D eigenvalue weighted by Gasteiger charge is 2.05. The summed E-state index contributed by atoms with van der Waals surface area (Å²) in [5.74, 6) is 0.828. The first-order chi connectivity index (χ1) is 8.67. The first-order valence-corrected chi connectivity index (χ1v) is 6.18. The molecule has 0 atom stereocenters. The SMILES string of the molecule is C/C(=C\C(=O)CCCO)c1coc(CCCO)c1. The van der Waals surface area contributed by atoms with Crippen LogP contribution in [0.25, 0.3) is 5.57 Å². The standard InChI is InChI=1S/C14H20O4/c1-11(8-13(17)4-2-6-15)12-9-14(18-10-12)5-3-7-16/h8-10,15-16H,2-7H2,1H3/b11-8+. The predicted molar refractivity (Wildman–Crippen MR) is 69.1 cm³/mol. The maximum atomic E-state index is 11.5. The van der Waals surface area contributed by atoms with Crippen molar-refractivity contribution in [3.8, 4) is 0 Å². The predicted octanol–water partition coefficient (Wildman–Crippen LogP) is 1.95. The van der Waals surface area contributed by atoms with E-state index in [0.29, 0.717) is 25.7 Å². The highest BCUT2D eigenvalue weighted by molar-refractivity contribution is 5.96. The second kappa shape index (κ2) is 7.84. The van der Waals surface area contributed by atoms with Crippen LogP contribution in [-0.2, 0) is 11.2 Å². The minimum absolute atomic E-state index is 0.0136. The highest BCUT2D eigenvalue weighted by atomic mass is 16.3. The Kier molecular flexibility index (Phi) is 6.39. The maximum absolute atomic E-state index is 11.5. The van der Waals surface area contributed by atoms with Crippen molar-refractivity contribution in [3.05, 3.63) is 29.7 Å². The number of carbonyl (C=O) groups excluding carboxylic acids is 1. The molecule has 0 spiro atoms. The van der Waals surface area contributed by atoms with Crippen molar-refractivity contribution in [2.24, 2.45) is 0 Å². The minimum Gasteiger partial charge on any atom is -0.469 e. The molecular weight excluding hydrogens is 232 g/mol. The third-order valence-electron chi connectivity index (χ3n) is 2.65. The van der Waals surface area contributed by atoms with E-state index in [1.807, 2.05) is 13.0 Å². The molecule has 1 aromatic heterocycles. The van der Waals surface area contributed by atoms with E-state index in [1.165, 1.54) is 0 Å². The van der Waals surface area contributed by atoms with Crippen LogP contribution in [0.4, 0.5) is 0 Å². The van der Waals surface area contributed by atoms with Crippen molar-refractivity contribution in [3.63, 3.8) is 0 Å². The quantitative estimate of drug-likeness (QED) is 0.694. The fourth-order valence-electron chi connectivity index (χ4n) is 1.62. The van der Waals surface area contributed by atoms with Crippen molar-refractivity contribution >= 4 is 11.4 Å². The smallest absolute Gasteiger partial charge is 0.156 e. The number of hydrogen-bond acceptors (Lipinski definition) is 4. The Bertz CT molecular complexity index is 404. The van der Waals surface area contributed by atoms with Crippen molar-refractivity contribution in [2.45, 2.75) is 32.6 Å². The Morgan fingerprint density at radius 1 is 1.33 bits per heavy atom. The van der Waals surface area contributed by atoms with Crippen molar-refractivity contribution in [2.75, 3.05) is 13.2 Å². The van der Waals surface area contributed by atoms with Gasteiger partial charge in [-0.3, -0.25) is 4.79 Å². The van der Waals surface area contributed by atoms with Gasteiger partial charge in [0.25, 0.3) is 0 Å². The molecule has 0 fully saturated rings. The Balaban J connectivity index is 2.59. The van der Waals surface area contributed by atoms with Crippen LogP contribution in [0.15, 0.2) is 22.8 Å². The summed E-state index contributed by atoms with van der Waals surface area (Å²) >= 11 is 0. The summed E-state index contributed by atoms with van der Waals surface area (Å²) in [4.78, 5) is 11.5. The molecule has 1 rings (SSSR count). The lowest BCUT2D eigenvalue weighted by Crippen LogP contribution is -1.95. The monoisotopic (exact) mass is 252 g/mol. The van der Waals surface area contributed by atoms with Crippen LogP contribution in [0, 0.1) is 0 Å². The van der Waals surface area contributed by atoms with Crippen LogP contribution in [0.1, 0.15) is 37.5 Å². The van der Waals surface area contributed by atoms with Crippen LogP contribution in [0.2, 0.25) is 0 Å². The molecule has 0 aliphatic rings. The number of aliphatic hydroxyl groups is 2. The van der Waals surface area contributed by atoms with Gasteiger partial charge in [-0.05, 0) is 37.5 Å². The number of carbonyl (C=O) groups is 1. The Morgan fingerprint density at radius 2 is 2.06 bits per heavy atom. The molecule has 0 amide bonds. The van der Waals surface area contributed by atoms with Gasteiger partial charge in [-0.25, -0.2) is 0 Å². The van der Waals surface area contributed by atoms with Gasteiger partial charge < -0.3 is 14.6 Å². The average Bonchev–Trinajstić information content (AvgIpc) is 2.82. The van der Waals surface area contributed by atoms with E-state index < -0.39 is 0 Å². The van der Waals surface area contributed by atoms with Crippen LogP contribution in [-0.4, -0.2) is 29.2 Å². The molecule has 0 bridgehead atoms. The number of hydrogen-bond donors (Lipinski definition) is 2. The summed E-state index contributed by atoms with van der Waals surface area (Å²) in [7, 11) is 0. The number of aryl methyl sites for hydroxylation is 1. The van der Waals surface area contributed by atoms with Gasteiger partial charge in [0, 0.05) is 31.6 Å². The van der Waals surface area contributed by atoms with Gasteiger partial charge in [-0.2, -0.15) is 0 Å². The lowest BCUT2D eigenvalue weighted by atomic mass is 10.1. The van der Waals surface area contributed by atoms with E-state index in [9.17, 15) is 4.79 Å². The van der Waals surface area contributed by atoms with E-state index in [2.05, 4.69) is 0 Å². The van der Waals surface area contributed by atoms with Gasteiger partial charge in [0.05, 0.1) is 6.26 Å². The fourth-order valence-corrected chi connectivity index (χ4v) is 1.62.